The lowest BCUT2D eigenvalue weighted by atomic mass is 10.1. The number of para-hydroxylation sites is 2. The van der Waals surface area contributed by atoms with E-state index in [0.29, 0.717) is 17.1 Å². The van der Waals surface area contributed by atoms with Crippen molar-refractivity contribution in [1.29, 1.82) is 0 Å². The van der Waals surface area contributed by atoms with Gasteiger partial charge in [-0.15, -0.1) is 0 Å². The molecule has 0 saturated heterocycles. The molecule has 0 aliphatic rings. The fourth-order valence-corrected chi connectivity index (χ4v) is 4.48. The van der Waals surface area contributed by atoms with Gasteiger partial charge in [-0.1, -0.05) is 18.2 Å². The minimum atomic E-state index is -4.15. The maximum Gasteiger partial charge on any atom is 0.269 e. The lowest BCUT2D eigenvalue weighted by Gasteiger charge is -2.16. The molecule has 2 N–H and O–H groups in total. The second-order valence-corrected chi connectivity index (χ2v) is 8.26. The number of nitro groups is 1. The Balaban J connectivity index is 2.10. The van der Waals surface area contributed by atoms with Crippen LogP contribution in [0.3, 0.4) is 0 Å². The van der Waals surface area contributed by atoms with E-state index in [1.165, 1.54) is 19.2 Å². The van der Waals surface area contributed by atoms with E-state index in [1.807, 2.05) is 0 Å². The Morgan fingerprint density at radius 1 is 0.968 bits per heavy atom. The number of non-ortho nitro benzene ring substituents is 1. The molecule has 1 amide bonds. The summed E-state index contributed by atoms with van der Waals surface area (Å²) in [5.41, 5.74) is 0.348. The molecule has 3 aromatic rings. The van der Waals surface area contributed by atoms with Gasteiger partial charge >= 0.3 is 0 Å². The smallest absolute Gasteiger partial charge is 0.269 e. The summed E-state index contributed by atoms with van der Waals surface area (Å²) in [7, 11) is -1.13. The van der Waals surface area contributed by atoms with Crippen molar-refractivity contribution < 1.29 is 22.9 Å². The van der Waals surface area contributed by atoms with Crippen LogP contribution in [0.4, 0.5) is 17.1 Å². The van der Waals surface area contributed by atoms with Gasteiger partial charge in [0.15, 0.2) is 0 Å². The molecule has 0 aliphatic carbocycles. The standard InChI is InChI=1S/C21H19N3O6S/c1-22-17-7-5-9-19(31(28,29)15-12-10-14(11-13-15)24(26)27)20(17)21(25)23-16-6-3-4-8-18(16)30-2/h3-13,22H,1-2H3,(H,23,25). The summed E-state index contributed by atoms with van der Waals surface area (Å²) in [6.45, 7) is 0. The summed E-state index contributed by atoms with van der Waals surface area (Å²) < 4.78 is 31.8. The molecule has 0 fully saturated rings. The molecule has 0 heterocycles. The van der Waals surface area contributed by atoms with Crippen LogP contribution in [0.1, 0.15) is 10.4 Å². The number of sulfone groups is 1. The number of nitro benzene ring substituents is 1. The molecule has 0 aromatic heterocycles. The number of methoxy groups -OCH3 is 1. The van der Waals surface area contributed by atoms with Gasteiger partial charge in [-0.3, -0.25) is 14.9 Å². The molecule has 160 valence electrons. The Labute approximate surface area is 178 Å². The first-order valence-corrected chi connectivity index (χ1v) is 10.5. The highest BCUT2D eigenvalue weighted by Gasteiger charge is 2.27. The first kappa shape index (κ1) is 21.8. The van der Waals surface area contributed by atoms with Crippen molar-refractivity contribution in [1.82, 2.24) is 0 Å². The summed E-state index contributed by atoms with van der Waals surface area (Å²) in [5.74, 6) is -0.243. The molecule has 0 radical (unpaired) electrons. The maximum atomic E-state index is 13.3. The van der Waals surface area contributed by atoms with Crippen LogP contribution < -0.4 is 15.4 Å². The fourth-order valence-electron chi connectivity index (χ4n) is 3.00. The number of nitrogens with one attached hydrogen (secondary N) is 2. The first-order chi connectivity index (χ1) is 14.8. The number of hydrogen-bond acceptors (Lipinski definition) is 7. The molecule has 9 nitrogen and oxygen atoms in total. The van der Waals surface area contributed by atoms with Crippen molar-refractivity contribution in [3.63, 3.8) is 0 Å². The number of nitrogens with zero attached hydrogens (tertiary/aromatic N) is 1. The molecule has 0 saturated carbocycles. The molecule has 0 unspecified atom stereocenters. The fraction of sp³-hybridized carbons (Fsp3) is 0.0952. The van der Waals surface area contributed by atoms with Crippen LogP contribution in [-0.2, 0) is 9.84 Å². The zero-order valence-electron chi connectivity index (χ0n) is 16.7. The molecule has 0 bridgehead atoms. The van der Waals surface area contributed by atoms with Crippen molar-refractivity contribution >= 4 is 32.8 Å². The van der Waals surface area contributed by atoms with Crippen molar-refractivity contribution in [2.45, 2.75) is 9.79 Å². The van der Waals surface area contributed by atoms with Gasteiger partial charge < -0.3 is 15.4 Å². The maximum absolute atomic E-state index is 13.3. The zero-order valence-corrected chi connectivity index (χ0v) is 17.5. The van der Waals surface area contributed by atoms with Gasteiger partial charge in [-0.25, -0.2) is 8.42 Å². The van der Waals surface area contributed by atoms with E-state index in [9.17, 15) is 23.3 Å². The molecule has 0 aliphatic heterocycles. The minimum Gasteiger partial charge on any atom is -0.495 e. The molecular formula is C21H19N3O6S. The predicted molar refractivity (Wildman–Crippen MR) is 115 cm³/mol. The van der Waals surface area contributed by atoms with Gasteiger partial charge in [-0.2, -0.15) is 0 Å². The molecule has 10 heteroatoms. The van der Waals surface area contributed by atoms with Gasteiger partial charge in [0.2, 0.25) is 9.84 Å². The summed E-state index contributed by atoms with van der Waals surface area (Å²) in [6, 6.07) is 15.6. The number of hydrogen-bond donors (Lipinski definition) is 2. The number of benzene rings is 3. The van der Waals surface area contributed by atoms with Crippen molar-refractivity contribution in [2.24, 2.45) is 0 Å². The van der Waals surface area contributed by atoms with Crippen LogP contribution in [0.5, 0.6) is 5.75 Å². The molecule has 0 spiro atoms. The van der Waals surface area contributed by atoms with Gasteiger partial charge in [0.1, 0.15) is 5.75 Å². The largest absolute Gasteiger partial charge is 0.495 e. The van der Waals surface area contributed by atoms with Gasteiger partial charge in [-0.05, 0) is 36.4 Å². The second-order valence-electron chi connectivity index (χ2n) is 6.34. The normalized spacial score (nSPS) is 10.9. The zero-order chi connectivity index (χ0) is 22.6. The first-order valence-electron chi connectivity index (χ1n) is 9.04. The average Bonchev–Trinajstić information content (AvgIpc) is 2.78. The Morgan fingerprint density at radius 2 is 1.61 bits per heavy atom. The summed E-state index contributed by atoms with van der Waals surface area (Å²) in [5, 5.41) is 16.4. The molecule has 0 atom stereocenters. The number of amides is 1. The number of carbonyl (C=O) groups is 1. The average molecular weight is 441 g/mol. The Bertz CT molecular complexity index is 1240. The van der Waals surface area contributed by atoms with E-state index in [0.717, 1.165) is 24.3 Å². The van der Waals surface area contributed by atoms with Crippen LogP contribution in [0.2, 0.25) is 0 Å². The summed E-state index contributed by atoms with van der Waals surface area (Å²) >= 11 is 0. The molecule has 3 aromatic carbocycles. The van der Waals surface area contributed by atoms with E-state index in [-0.39, 0.29) is 21.0 Å². The highest BCUT2D eigenvalue weighted by molar-refractivity contribution is 7.91. The Kier molecular flexibility index (Phi) is 6.21. The third-order valence-electron chi connectivity index (χ3n) is 4.53. The molecule has 31 heavy (non-hydrogen) atoms. The van der Waals surface area contributed by atoms with Crippen molar-refractivity contribution in [2.75, 3.05) is 24.8 Å². The monoisotopic (exact) mass is 441 g/mol. The highest BCUT2D eigenvalue weighted by atomic mass is 32.2. The number of carbonyl (C=O) groups excluding carboxylic acids is 1. The lowest BCUT2D eigenvalue weighted by Crippen LogP contribution is -2.19. The number of rotatable bonds is 7. The number of anilines is 2. The van der Waals surface area contributed by atoms with Gasteiger partial charge in [0.25, 0.3) is 11.6 Å². The second kappa shape index (κ2) is 8.84. The van der Waals surface area contributed by atoms with E-state index < -0.39 is 20.7 Å². The van der Waals surface area contributed by atoms with E-state index >= 15 is 0 Å². The van der Waals surface area contributed by atoms with Crippen LogP contribution in [0.25, 0.3) is 0 Å². The van der Waals surface area contributed by atoms with E-state index in [4.69, 9.17) is 4.74 Å². The predicted octanol–water partition coefficient (Wildman–Crippen LogP) is 3.73. The third kappa shape index (κ3) is 4.33. The van der Waals surface area contributed by atoms with E-state index in [1.54, 1.807) is 37.4 Å². The Morgan fingerprint density at radius 3 is 2.23 bits per heavy atom. The molecule has 3 rings (SSSR count). The van der Waals surface area contributed by atoms with Crippen LogP contribution in [0, 0.1) is 10.1 Å². The van der Waals surface area contributed by atoms with Crippen molar-refractivity contribution in [3.05, 3.63) is 82.4 Å². The van der Waals surface area contributed by atoms with Crippen LogP contribution in [0.15, 0.2) is 76.5 Å². The highest BCUT2D eigenvalue weighted by Crippen LogP contribution is 2.31. The summed E-state index contributed by atoms with van der Waals surface area (Å²) in [4.78, 5) is 23.0. The van der Waals surface area contributed by atoms with Crippen molar-refractivity contribution in [3.8, 4) is 5.75 Å². The SMILES string of the molecule is CNc1cccc(S(=O)(=O)c2ccc([N+](=O)[O-])cc2)c1C(=O)Nc1ccccc1OC. The van der Waals surface area contributed by atoms with Gasteiger partial charge in [0, 0.05) is 24.9 Å². The molecular weight excluding hydrogens is 422 g/mol. The Hall–Kier alpha value is -3.92. The van der Waals surface area contributed by atoms with Crippen LogP contribution in [-0.4, -0.2) is 33.4 Å². The quantitative estimate of drug-likeness (QED) is 0.422. The lowest BCUT2D eigenvalue weighted by molar-refractivity contribution is -0.384. The van der Waals surface area contributed by atoms with E-state index in [2.05, 4.69) is 10.6 Å². The number of ether oxygens (including phenoxy) is 1. The minimum absolute atomic E-state index is 0.0886. The van der Waals surface area contributed by atoms with Crippen LogP contribution >= 0.6 is 0 Å². The third-order valence-corrected chi connectivity index (χ3v) is 6.34. The van der Waals surface area contributed by atoms with Gasteiger partial charge in [0.05, 0.1) is 33.1 Å². The summed E-state index contributed by atoms with van der Waals surface area (Å²) in [6.07, 6.45) is 0. The topological polar surface area (TPSA) is 128 Å².